The maximum Gasteiger partial charge on any atom is 0.290 e. The zero-order valence-corrected chi connectivity index (χ0v) is 9.91. The number of nitrogens with zero attached hydrogens (tertiary/aromatic N) is 2. The first-order valence-electron chi connectivity index (χ1n) is 5.69. The van der Waals surface area contributed by atoms with Crippen LogP contribution in [0.2, 0.25) is 0 Å². The van der Waals surface area contributed by atoms with Crippen LogP contribution in [0.3, 0.4) is 0 Å². The number of H-pyrrole nitrogens is 1. The maximum atomic E-state index is 11.7. The van der Waals surface area contributed by atoms with Gasteiger partial charge in [0.05, 0.1) is 0 Å². The minimum Gasteiger partial charge on any atom is -0.349 e. The van der Waals surface area contributed by atoms with Crippen LogP contribution in [-0.2, 0) is 0 Å². The highest BCUT2D eigenvalue weighted by molar-refractivity contribution is 6.17. The van der Waals surface area contributed by atoms with E-state index in [1.165, 1.54) is 6.42 Å². The Kier molecular flexibility index (Phi) is 3.83. The molecule has 1 saturated carbocycles. The lowest BCUT2D eigenvalue weighted by molar-refractivity contribution is 0.383. The van der Waals surface area contributed by atoms with Gasteiger partial charge in [-0.1, -0.05) is 0 Å². The second-order valence-electron chi connectivity index (χ2n) is 4.06. The molecule has 16 heavy (non-hydrogen) atoms. The van der Waals surface area contributed by atoms with Gasteiger partial charge in [0.15, 0.2) is 5.82 Å². The third kappa shape index (κ3) is 2.38. The minimum absolute atomic E-state index is 0.107. The highest BCUT2D eigenvalue weighted by Crippen LogP contribution is 2.26. The molecule has 0 bridgehead atoms. The van der Waals surface area contributed by atoms with Crippen LogP contribution >= 0.6 is 11.6 Å². The summed E-state index contributed by atoms with van der Waals surface area (Å²) in [6.45, 7) is 0.814. The third-order valence-electron chi connectivity index (χ3n) is 3.01. The van der Waals surface area contributed by atoms with E-state index in [1.54, 1.807) is 12.4 Å². The van der Waals surface area contributed by atoms with Crippen molar-refractivity contribution in [3.8, 4) is 0 Å². The monoisotopic (exact) mass is 241 g/mol. The molecule has 0 saturated heterocycles. The minimum atomic E-state index is -0.107. The maximum absolute atomic E-state index is 11.7. The molecule has 1 heterocycles. The molecule has 1 aliphatic carbocycles. The number of rotatable bonds is 5. The molecular formula is C11H16ClN3O. The lowest BCUT2D eigenvalue weighted by atomic mass is 9.91. The fraction of sp³-hybridized carbons (Fsp3) is 0.636. The molecule has 0 aromatic carbocycles. The summed E-state index contributed by atoms with van der Waals surface area (Å²) >= 11 is 5.71. The SMILES string of the molecule is O=c1[nH]ccnc1N(CCCCl)C1CCC1. The lowest BCUT2D eigenvalue weighted by Crippen LogP contribution is -2.44. The molecule has 1 aromatic heterocycles. The van der Waals surface area contributed by atoms with Gasteiger partial charge in [-0.3, -0.25) is 4.79 Å². The number of nitrogens with one attached hydrogen (secondary N) is 1. The number of halogens is 1. The van der Waals surface area contributed by atoms with Crippen molar-refractivity contribution in [1.29, 1.82) is 0 Å². The number of aromatic nitrogens is 2. The van der Waals surface area contributed by atoms with Gasteiger partial charge >= 0.3 is 0 Å². The summed E-state index contributed by atoms with van der Waals surface area (Å²) in [7, 11) is 0. The van der Waals surface area contributed by atoms with E-state index in [4.69, 9.17) is 11.6 Å². The fourth-order valence-electron chi connectivity index (χ4n) is 1.94. The van der Waals surface area contributed by atoms with Gasteiger partial charge in [-0.15, -0.1) is 11.6 Å². The number of hydrogen-bond acceptors (Lipinski definition) is 3. The summed E-state index contributed by atoms with van der Waals surface area (Å²) < 4.78 is 0. The number of alkyl halides is 1. The predicted molar refractivity (Wildman–Crippen MR) is 65.2 cm³/mol. The molecule has 5 heteroatoms. The highest BCUT2D eigenvalue weighted by Gasteiger charge is 2.26. The van der Waals surface area contributed by atoms with Gasteiger partial charge in [0, 0.05) is 30.9 Å². The van der Waals surface area contributed by atoms with Crippen LogP contribution in [-0.4, -0.2) is 28.4 Å². The third-order valence-corrected chi connectivity index (χ3v) is 3.28. The molecule has 0 radical (unpaired) electrons. The van der Waals surface area contributed by atoms with Crippen molar-refractivity contribution in [2.24, 2.45) is 0 Å². The summed E-state index contributed by atoms with van der Waals surface area (Å²) in [6, 6.07) is 0.471. The Bertz CT molecular complexity index is 389. The number of hydrogen-bond donors (Lipinski definition) is 1. The van der Waals surface area contributed by atoms with Crippen LogP contribution in [0, 0.1) is 0 Å². The van der Waals surface area contributed by atoms with Crippen molar-refractivity contribution in [1.82, 2.24) is 9.97 Å². The van der Waals surface area contributed by atoms with E-state index in [-0.39, 0.29) is 5.56 Å². The van der Waals surface area contributed by atoms with E-state index >= 15 is 0 Å². The molecular weight excluding hydrogens is 226 g/mol. The van der Waals surface area contributed by atoms with E-state index in [0.717, 1.165) is 25.8 Å². The normalized spacial score (nSPS) is 15.8. The molecule has 1 aliphatic rings. The van der Waals surface area contributed by atoms with Gasteiger partial charge in [-0.25, -0.2) is 4.98 Å². The van der Waals surface area contributed by atoms with Crippen molar-refractivity contribution in [2.75, 3.05) is 17.3 Å². The molecule has 1 aromatic rings. The van der Waals surface area contributed by atoms with E-state index in [2.05, 4.69) is 14.9 Å². The molecule has 0 spiro atoms. The number of aromatic amines is 1. The van der Waals surface area contributed by atoms with Crippen molar-refractivity contribution < 1.29 is 0 Å². The molecule has 1 N–H and O–H groups in total. The van der Waals surface area contributed by atoms with Gasteiger partial charge in [-0.05, 0) is 25.7 Å². The Hall–Kier alpha value is -1.03. The Morgan fingerprint density at radius 1 is 1.56 bits per heavy atom. The summed E-state index contributed by atoms with van der Waals surface area (Å²) in [5, 5.41) is 0. The summed E-state index contributed by atoms with van der Waals surface area (Å²) in [5.74, 6) is 1.16. The average Bonchev–Trinajstić information content (AvgIpc) is 2.22. The van der Waals surface area contributed by atoms with Gasteiger partial charge in [-0.2, -0.15) is 0 Å². The first-order valence-corrected chi connectivity index (χ1v) is 6.22. The molecule has 88 valence electrons. The first kappa shape index (κ1) is 11.5. The van der Waals surface area contributed by atoms with E-state index in [9.17, 15) is 4.79 Å². The average molecular weight is 242 g/mol. The van der Waals surface area contributed by atoms with Crippen LogP contribution in [0.5, 0.6) is 0 Å². The zero-order valence-electron chi connectivity index (χ0n) is 9.16. The first-order chi connectivity index (χ1) is 7.83. The van der Waals surface area contributed by atoms with Crippen molar-refractivity contribution in [2.45, 2.75) is 31.7 Å². The molecule has 0 unspecified atom stereocenters. The van der Waals surface area contributed by atoms with Crippen LogP contribution in [0.25, 0.3) is 0 Å². The van der Waals surface area contributed by atoms with Gasteiger partial charge in [0.1, 0.15) is 0 Å². The standard InChI is InChI=1S/C11H16ClN3O/c12-5-2-8-15(9-3-1-4-9)10-11(16)14-7-6-13-10/h6-7,9H,1-5,8H2,(H,14,16). The largest absolute Gasteiger partial charge is 0.349 e. The van der Waals surface area contributed by atoms with Crippen molar-refractivity contribution in [3.05, 3.63) is 22.7 Å². The molecule has 0 amide bonds. The second kappa shape index (κ2) is 5.34. The summed E-state index contributed by atoms with van der Waals surface area (Å²) in [6.07, 6.45) is 7.62. The van der Waals surface area contributed by atoms with E-state index < -0.39 is 0 Å². The molecule has 2 rings (SSSR count). The van der Waals surface area contributed by atoms with Crippen LogP contribution in [0.1, 0.15) is 25.7 Å². The fourth-order valence-corrected chi connectivity index (χ4v) is 2.06. The van der Waals surface area contributed by atoms with Crippen molar-refractivity contribution in [3.63, 3.8) is 0 Å². The van der Waals surface area contributed by atoms with Crippen LogP contribution in [0.4, 0.5) is 5.82 Å². The molecule has 4 nitrogen and oxygen atoms in total. The Labute approximate surface area is 99.6 Å². The van der Waals surface area contributed by atoms with Crippen molar-refractivity contribution >= 4 is 17.4 Å². The van der Waals surface area contributed by atoms with Gasteiger partial charge in [0.25, 0.3) is 5.56 Å². The molecule has 0 aliphatic heterocycles. The smallest absolute Gasteiger partial charge is 0.290 e. The lowest BCUT2D eigenvalue weighted by Gasteiger charge is -2.37. The summed E-state index contributed by atoms with van der Waals surface area (Å²) in [5.41, 5.74) is -0.107. The van der Waals surface area contributed by atoms with Gasteiger partial charge < -0.3 is 9.88 Å². The Morgan fingerprint density at radius 2 is 2.38 bits per heavy atom. The Balaban J connectivity index is 2.17. The quantitative estimate of drug-likeness (QED) is 0.800. The summed E-state index contributed by atoms with van der Waals surface area (Å²) in [4.78, 5) is 20.6. The Morgan fingerprint density at radius 3 is 2.94 bits per heavy atom. The van der Waals surface area contributed by atoms with E-state index in [0.29, 0.717) is 17.7 Å². The topological polar surface area (TPSA) is 49.0 Å². The number of anilines is 1. The van der Waals surface area contributed by atoms with Gasteiger partial charge in [0.2, 0.25) is 0 Å². The zero-order chi connectivity index (χ0) is 11.4. The van der Waals surface area contributed by atoms with Crippen LogP contribution < -0.4 is 10.5 Å². The van der Waals surface area contributed by atoms with E-state index in [1.807, 2.05) is 0 Å². The highest BCUT2D eigenvalue weighted by atomic mass is 35.5. The predicted octanol–water partition coefficient (Wildman–Crippen LogP) is 1.76. The second-order valence-corrected chi connectivity index (χ2v) is 4.44. The molecule has 1 fully saturated rings. The van der Waals surface area contributed by atoms with Crippen LogP contribution in [0.15, 0.2) is 17.2 Å². The molecule has 0 atom stereocenters.